The van der Waals surface area contributed by atoms with Crippen LogP contribution in [0.3, 0.4) is 0 Å². The molecule has 0 spiro atoms. The van der Waals surface area contributed by atoms with Crippen LogP contribution in [-0.4, -0.2) is 10.3 Å². The minimum Gasteiger partial charge on any atom is -0.309 e. The van der Waals surface area contributed by atoms with Crippen LogP contribution in [0.1, 0.15) is 26.3 Å². The fourth-order valence-electron chi connectivity index (χ4n) is 4.36. The number of hydrogen-bond acceptors (Lipinski definition) is 1. The largest absolute Gasteiger partial charge is 0.309 e. The highest BCUT2D eigenvalue weighted by molar-refractivity contribution is 6.17. The molecule has 1 heterocycles. The molecule has 0 fully saturated rings. The van der Waals surface area contributed by atoms with Crippen molar-refractivity contribution >= 4 is 33.1 Å². The quantitative estimate of drug-likeness (QED) is 0.323. The molecule has 2 nitrogen and oxygen atoms in total. The van der Waals surface area contributed by atoms with Gasteiger partial charge in [-0.1, -0.05) is 66.8 Å². The molecule has 1 aliphatic rings. The molecule has 1 aliphatic carbocycles. The van der Waals surface area contributed by atoms with Crippen molar-refractivity contribution in [2.45, 2.75) is 20.8 Å². The van der Waals surface area contributed by atoms with Crippen molar-refractivity contribution in [3.63, 3.8) is 0 Å². The highest BCUT2D eigenvalue weighted by atomic mass is 15.0. The first-order valence-corrected chi connectivity index (χ1v) is 11.0. The summed E-state index contributed by atoms with van der Waals surface area (Å²) >= 11 is 0. The van der Waals surface area contributed by atoms with E-state index < -0.39 is 0 Å². The van der Waals surface area contributed by atoms with Gasteiger partial charge in [0.1, 0.15) is 0 Å². The molecule has 0 radical (unpaired) electrons. The summed E-state index contributed by atoms with van der Waals surface area (Å²) in [6.07, 6.45) is 10.4. The van der Waals surface area contributed by atoms with Gasteiger partial charge in [-0.25, -0.2) is 0 Å². The van der Waals surface area contributed by atoms with Gasteiger partial charge in [-0.05, 0) is 68.3 Å². The second kappa shape index (κ2) is 8.32. The average molecular weight is 415 g/mol. The Hall–Kier alpha value is -3.91. The number of benzene rings is 3. The molecule has 5 rings (SSSR count). The Morgan fingerprint density at radius 2 is 1.50 bits per heavy atom. The van der Waals surface area contributed by atoms with Gasteiger partial charge in [0.15, 0.2) is 0 Å². The summed E-state index contributed by atoms with van der Waals surface area (Å²) in [6, 6.07) is 26.0. The van der Waals surface area contributed by atoms with Gasteiger partial charge < -0.3 is 4.57 Å². The maximum atomic E-state index is 4.82. The number of fused-ring (bicyclic) bond motifs is 3. The van der Waals surface area contributed by atoms with Crippen molar-refractivity contribution in [2.75, 3.05) is 0 Å². The molecule has 0 saturated heterocycles. The molecular weight excluding hydrogens is 388 g/mol. The van der Waals surface area contributed by atoms with Crippen molar-refractivity contribution in [1.29, 1.82) is 0 Å². The maximum Gasteiger partial charge on any atom is 0.0707 e. The van der Waals surface area contributed by atoms with Crippen LogP contribution in [-0.2, 0) is 0 Å². The first kappa shape index (κ1) is 20.0. The summed E-state index contributed by atoms with van der Waals surface area (Å²) in [5.74, 6) is 0. The summed E-state index contributed by atoms with van der Waals surface area (Å²) in [4.78, 5) is 4.82. The van der Waals surface area contributed by atoms with Crippen molar-refractivity contribution in [3.8, 4) is 5.69 Å². The van der Waals surface area contributed by atoms with Crippen molar-refractivity contribution in [1.82, 2.24) is 4.57 Å². The molecule has 1 aromatic heterocycles. The lowest BCUT2D eigenvalue weighted by molar-refractivity contribution is 1.18. The monoisotopic (exact) mass is 414 g/mol. The summed E-state index contributed by atoms with van der Waals surface area (Å²) in [5.41, 5.74) is 9.26. The van der Waals surface area contributed by atoms with Gasteiger partial charge in [0, 0.05) is 27.7 Å². The number of nitrogens with zero attached hydrogens (tertiary/aromatic N) is 2. The standard InChI is InChI=1S/C30H26N2/c1-4-21(2)31-28-16-10-8-14-25(28)22(3)23-18-19-30-27(20-23)26-15-9-11-17-29(26)32(30)24-12-6-5-7-13-24/h4-20H,1-3H3/b21-4-,25-22+,31-28+. The van der Waals surface area contributed by atoms with Crippen LogP contribution in [0.25, 0.3) is 33.1 Å². The number of allylic oxidation sites excluding steroid dienone is 8. The lowest BCUT2D eigenvalue weighted by Crippen LogP contribution is -2.03. The molecule has 0 atom stereocenters. The van der Waals surface area contributed by atoms with Crippen LogP contribution in [0, 0.1) is 0 Å². The van der Waals surface area contributed by atoms with Gasteiger partial charge in [0.2, 0.25) is 0 Å². The molecule has 2 heteroatoms. The number of para-hydroxylation sites is 2. The molecule has 32 heavy (non-hydrogen) atoms. The average Bonchev–Trinajstić information content (AvgIpc) is 3.18. The minimum atomic E-state index is 1.01. The number of rotatable bonds is 3. The Morgan fingerprint density at radius 3 is 2.31 bits per heavy atom. The van der Waals surface area contributed by atoms with Crippen molar-refractivity contribution in [2.24, 2.45) is 4.99 Å². The molecule has 156 valence electrons. The smallest absolute Gasteiger partial charge is 0.0707 e. The Kier molecular flexibility index (Phi) is 5.20. The van der Waals surface area contributed by atoms with E-state index in [-0.39, 0.29) is 0 Å². The van der Waals surface area contributed by atoms with E-state index in [0.717, 1.165) is 11.4 Å². The molecule has 0 saturated carbocycles. The summed E-state index contributed by atoms with van der Waals surface area (Å²) in [7, 11) is 0. The highest BCUT2D eigenvalue weighted by Crippen LogP contribution is 2.34. The Bertz CT molecular complexity index is 1470. The molecule has 0 aliphatic heterocycles. The van der Waals surface area contributed by atoms with Crippen molar-refractivity contribution < 1.29 is 0 Å². The summed E-state index contributed by atoms with van der Waals surface area (Å²) < 4.78 is 2.35. The second-order valence-corrected chi connectivity index (χ2v) is 8.10. The summed E-state index contributed by atoms with van der Waals surface area (Å²) in [6.45, 7) is 6.25. The zero-order valence-electron chi connectivity index (χ0n) is 18.7. The van der Waals surface area contributed by atoms with E-state index in [9.17, 15) is 0 Å². The maximum absolute atomic E-state index is 4.82. The first-order chi connectivity index (χ1) is 15.7. The zero-order chi connectivity index (χ0) is 22.1. The fourth-order valence-corrected chi connectivity index (χ4v) is 4.36. The lowest BCUT2D eigenvalue weighted by Gasteiger charge is -2.13. The highest BCUT2D eigenvalue weighted by Gasteiger charge is 2.15. The molecule has 0 amide bonds. The van der Waals surface area contributed by atoms with Crippen LogP contribution in [0.5, 0.6) is 0 Å². The molecule has 0 N–H and O–H groups in total. The van der Waals surface area contributed by atoms with E-state index >= 15 is 0 Å². The lowest BCUT2D eigenvalue weighted by atomic mass is 9.94. The Morgan fingerprint density at radius 1 is 0.781 bits per heavy atom. The normalized spacial score (nSPS) is 17.0. The third-order valence-electron chi connectivity index (χ3n) is 6.14. The van der Waals surface area contributed by atoms with E-state index in [2.05, 4.69) is 109 Å². The van der Waals surface area contributed by atoms with Crippen LogP contribution in [0.2, 0.25) is 0 Å². The predicted molar refractivity (Wildman–Crippen MR) is 139 cm³/mol. The molecular formula is C30H26N2. The number of aliphatic imine (C=N–C) groups is 1. The molecule has 0 unspecified atom stereocenters. The predicted octanol–water partition coefficient (Wildman–Crippen LogP) is 8.05. The van der Waals surface area contributed by atoms with E-state index in [1.54, 1.807) is 0 Å². The third-order valence-corrected chi connectivity index (χ3v) is 6.14. The summed E-state index contributed by atoms with van der Waals surface area (Å²) in [5, 5.41) is 2.53. The van der Waals surface area contributed by atoms with Gasteiger partial charge in [-0.3, -0.25) is 4.99 Å². The van der Waals surface area contributed by atoms with E-state index in [1.807, 2.05) is 19.9 Å². The molecule has 3 aromatic carbocycles. The van der Waals surface area contributed by atoms with Gasteiger partial charge in [0.25, 0.3) is 0 Å². The third kappa shape index (κ3) is 3.44. The van der Waals surface area contributed by atoms with Gasteiger partial charge in [-0.2, -0.15) is 0 Å². The van der Waals surface area contributed by atoms with E-state index in [0.29, 0.717) is 0 Å². The van der Waals surface area contributed by atoms with Crippen LogP contribution < -0.4 is 0 Å². The van der Waals surface area contributed by atoms with Crippen LogP contribution in [0.15, 0.2) is 119 Å². The first-order valence-electron chi connectivity index (χ1n) is 11.0. The number of aromatic nitrogens is 1. The fraction of sp³-hybridized carbons (Fsp3) is 0.100. The number of hydrogen-bond donors (Lipinski definition) is 0. The second-order valence-electron chi connectivity index (χ2n) is 8.10. The van der Waals surface area contributed by atoms with Gasteiger partial charge >= 0.3 is 0 Å². The van der Waals surface area contributed by atoms with Crippen LogP contribution >= 0.6 is 0 Å². The molecule has 0 bridgehead atoms. The molecule has 4 aromatic rings. The van der Waals surface area contributed by atoms with Crippen molar-refractivity contribution in [3.05, 3.63) is 120 Å². The zero-order valence-corrected chi connectivity index (χ0v) is 18.7. The Balaban J connectivity index is 1.73. The topological polar surface area (TPSA) is 17.3 Å². The van der Waals surface area contributed by atoms with Gasteiger partial charge in [-0.15, -0.1) is 0 Å². The Labute approximate surface area is 189 Å². The minimum absolute atomic E-state index is 1.01. The van der Waals surface area contributed by atoms with E-state index in [1.165, 1.54) is 44.2 Å². The van der Waals surface area contributed by atoms with Crippen LogP contribution in [0.4, 0.5) is 0 Å². The SMILES string of the molecule is C\C=C(C)/N=C1\C=CC=C\C1=C(\C)c1ccc2c(c1)c1ccccc1n2-c1ccccc1. The van der Waals surface area contributed by atoms with Gasteiger partial charge in [0.05, 0.1) is 16.7 Å². The van der Waals surface area contributed by atoms with E-state index in [4.69, 9.17) is 4.99 Å².